The minimum atomic E-state index is -2.93. The maximum absolute atomic E-state index is 11.2. The van der Waals surface area contributed by atoms with Crippen LogP contribution >= 0.6 is 15.9 Å². The molecule has 20 heavy (non-hydrogen) atoms. The van der Waals surface area contributed by atoms with Gasteiger partial charge in [-0.1, -0.05) is 13.0 Å². The Bertz CT molecular complexity index is 532. The predicted molar refractivity (Wildman–Crippen MR) is 89.1 cm³/mol. The summed E-state index contributed by atoms with van der Waals surface area (Å²) in [5.41, 5.74) is 2.22. The third-order valence-corrected chi connectivity index (χ3v) is 4.54. The van der Waals surface area contributed by atoms with Crippen LogP contribution in [0, 0.1) is 0 Å². The first-order valence-electron chi connectivity index (χ1n) is 6.71. The van der Waals surface area contributed by atoms with Gasteiger partial charge in [-0.15, -0.1) is 0 Å². The minimum absolute atomic E-state index is 0.162. The van der Waals surface area contributed by atoms with Crippen molar-refractivity contribution in [2.24, 2.45) is 0 Å². The van der Waals surface area contributed by atoms with Gasteiger partial charge in [-0.2, -0.15) is 0 Å². The molecule has 0 atom stereocenters. The lowest BCUT2D eigenvalue weighted by Gasteiger charge is -2.21. The van der Waals surface area contributed by atoms with Crippen LogP contribution in [0.4, 0.5) is 5.69 Å². The Hall–Kier alpha value is -0.590. The number of halogens is 1. The number of hydrogen-bond donors (Lipinski definition) is 1. The van der Waals surface area contributed by atoms with Crippen molar-refractivity contribution in [1.29, 1.82) is 0 Å². The number of sulfone groups is 1. The van der Waals surface area contributed by atoms with Crippen LogP contribution < -0.4 is 10.2 Å². The fourth-order valence-corrected chi connectivity index (χ4v) is 3.14. The van der Waals surface area contributed by atoms with Crippen LogP contribution in [0.25, 0.3) is 0 Å². The van der Waals surface area contributed by atoms with Crippen LogP contribution in [0.5, 0.6) is 0 Å². The zero-order valence-corrected chi connectivity index (χ0v) is 14.7. The highest BCUT2D eigenvalue weighted by molar-refractivity contribution is 9.10. The lowest BCUT2D eigenvalue weighted by atomic mass is 10.2. The lowest BCUT2D eigenvalue weighted by Crippen LogP contribution is -2.25. The van der Waals surface area contributed by atoms with Gasteiger partial charge >= 0.3 is 0 Å². The average Bonchev–Trinajstić information content (AvgIpc) is 2.35. The lowest BCUT2D eigenvalue weighted by molar-refractivity contribution is 0.601. The van der Waals surface area contributed by atoms with E-state index < -0.39 is 9.84 Å². The first-order chi connectivity index (χ1) is 9.33. The van der Waals surface area contributed by atoms with Gasteiger partial charge in [0.25, 0.3) is 0 Å². The Balaban J connectivity index is 2.67. The van der Waals surface area contributed by atoms with E-state index in [2.05, 4.69) is 40.3 Å². The van der Waals surface area contributed by atoms with Gasteiger partial charge in [-0.3, -0.25) is 0 Å². The fraction of sp³-hybridized carbons (Fsp3) is 0.571. The average molecular weight is 363 g/mol. The van der Waals surface area contributed by atoms with Gasteiger partial charge in [0, 0.05) is 30.9 Å². The third-order valence-electron chi connectivity index (χ3n) is 2.98. The van der Waals surface area contributed by atoms with E-state index in [1.165, 1.54) is 11.8 Å². The molecule has 6 heteroatoms. The molecule has 0 aromatic heterocycles. The van der Waals surface area contributed by atoms with E-state index in [9.17, 15) is 8.42 Å². The van der Waals surface area contributed by atoms with E-state index in [0.29, 0.717) is 6.54 Å². The number of rotatable bonds is 8. The summed E-state index contributed by atoms with van der Waals surface area (Å²) in [6.45, 7) is 4.49. The zero-order valence-electron chi connectivity index (χ0n) is 12.3. The Morgan fingerprint density at radius 3 is 2.60 bits per heavy atom. The molecule has 0 unspecified atom stereocenters. The minimum Gasteiger partial charge on any atom is -0.373 e. The summed E-state index contributed by atoms with van der Waals surface area (Å²) in [6, 6.07) is 6.17. The van der Waals surface area contributed by atoms with Gasteiger partial charge in [-0.05, 0) is 46.6 Å². The Labute approximate surface area is 130 Å². The second-order valence-electron chi connectivity index (χ2n) is 5.01. The van der Waals surface area contributed by atoms with E-state index in [4.69, 9.17) is 0 Å². The van der Waals surface area contributed by atoms with Crippen molar-refractivity contribution in [3.63, 3.8) is 0 Å². The highest BCUT2D eigenvalue weighted by Gasteiger charge is 2.09. The first kappa shape index (κ1) is 17.5. The summed E-state index contributed by atoms with van der Waals surface area (Å²) in [4.78, 5) is 1.95. The Kier molecular flexibility index (Phi) is 6.99. The van der Waals surface area contributed by atoms with Gasteiger partial charge in [0.15, 0.2) is 0 Å². The monoisotopic (exact) mass is 362 g/mol. The molecule has 0 saturated heterocycles. The van der Waals surface area contributed by atoms with Crippen molar-refractivity contribution in [3.8, 4) is 0 Å². The smallest absolute Gasteiger partial charge is 0.149 e. The van der Waals surface area contributed by atoms with Crippen LogP contribution in [0.1, 0.15) is 18.9 Å². The number of anilines is 1. The molecule has 1 aromatic rings. The number of benzene rings is 1. The molecule has 0 aliphatic carbocycles. The highest BCUT2D eigenvalue weighted by Crippen LogP contribution is 2.26. The quantitative estimate of drug-likeness (QED) is 0.721. The van der Waals surface area contributed by atoms with Crippen LogP contribution in [-0.2, 0) is 16.4 Å². The van der Waals surface area contributed by atoms with Gasteiger partial charge in [0.05, 0.1) is 11.4 Å². The normalized spacial score (nSPS) is 11.6. The van der Waals surface area contributed by atoms with E-state index in [0.717, 1.165) is 29.7 Å². The van der Waals surface area contributed by atoms with Crippen molar-refractivity contribution in [3.05, 3.63) is 28.2 Å². The van der Waals surface area contributed by atoms with Gasteiger partial charge in [0.2, 0.25) is 0 Å². The van der Waals surface area contributed by atoms with Gasteiger partial charge in [-0.25, -0.2) is 8.42 Å². The first-order valence-corrected chi connectivity index (χ1v) is 9.57. The molecule has 0 aliphatic heterocycles. The molecule has 0 aliphatic rings. The summed E-state index contributed by atoms with van der Waals surface area (Å²) in [5.74, 6) is 0.162. The molecule has 0 heterocycles. The fourth-order valence-electron chi connectivity index (χ4n) is 1.80. The van der Waals surface area contributed by atoms with Crippen molar-refractivity contribution in [2.45, 2.75) is 19.9 Å². The Morgan fingerprint density at radius 2 is 2.05 bits per heavy atom. The summed E-state index contributed by atoms with van der Waals surface area (Å²) in [6.07, 6.45) is 2.38. The molecule has 0 radical (unpaired) electrons. The highest BCUT2D eigenvalue weighted by atomic mass is 79.9. The molecule has 1 aromatic carbocycles. The van der Waals surface area contributed by atoms with Crippen LogP contribution in [0.2, 0.25) is 0 Å². The van der Waals surface area contributed by atoms with Crippen molar-refractivity contribution >= 4 is 31.5 Å². The predicted octanol–water partition coefficient (Wildman–Crippen LogP) is 2.43. The summed E-state index contributed by atoms with van der Waals surface area (Å²) in [5, 5.41) is 3.36. The Morgan fingerprint density at radius 1 is 1.35 bits per heavy atom. The van der Waals surface area contributed by atoms with Crippen molar-refractivity contribution in [1.82, 2.24) is 5.32 Å². The third kappa shape index (κ3) is 6.24. The second-order valence-corrected chi connectivity index (χ2v) is 8.13. The summed E-state index contributed by atoms with van der Waals surface area (Å²) < 4.78 is 23.4. The topological polar surface area (TPSA) is 49.4 Å². The molecule has 0 saturated carbocycles. The standard InChI is InChI=1S/C14H23BrN2O2S/c1-4-7-16-11-12-5-6-14(13(15)10-12)17(2)8-9-20(3,18)19/h5-6,10,16H,4,7-9,11H2,1-3H3. The van der Waals surface area contributed by atoms with Gasteiger partial charge in [0.1, 0.15) is 9.84 Å². The molecule has 114 valence electrons. The van der Waals surface area contributed by atoms with Crippen LogP contribution in [0.3, 0.4) is 0 Å². The van der Waals surface area contributed by atoms with Crippen molar-refractivity contribution in [2.75, 3.05) is 37.0 Å². The summed E-state index contributed by atoms with van der Waals surface area (Å²) in [7, 11) is -1.03. The van der Waals surface area contributed by atoms with Crippen LogP contribution in [-0.4, -0.2) is 40.6 Å². The molecule has 0 amide bonds. The number of hydrogen-bond acceptors (Lipinski definition) is 4. The van der Waals surface area contributed by atoms with E-state index >= 15 is 0 Å². The molecule has 0 spiro atoms. The molecule has 0 fully saturated rings. The molecular formula is C14H23BrN2O2S. The van der Waals surface area contributed by atoms with Gasteiger partial charge < -0.3 is 10.2 Å². The molecule has 1 rings (SSSR count). The largest absolute Gasteiger partial charge is 0.373 e. The molecule has 1 N–H and O–H groups in total. The molecule has 0 bridgehead atoms. The van der Waals surface area contributed by atoms with Crippen molar-refractivity contribution < 1.29 is 8.42 Å². The van der Waals surface area contributed by atoms with E-state index in [-0.39, 0.29) is 5.75 Å². The zero-order chi connectivity index (χ0) is 15.2. The maximum Gasteiger partial charge on any atom is 0.149 e. The second kappa shape index (κ2) is 8.00. The SMILES string of the molecule is CCCNCc1ccc(N(C)CCS(C)(=O)=O)c(Br)c1. The van der Waals surface area contributed by atoms with E-state index in [1.54, 1.807) is 0 Å². The number of nitrogens with zero attached hydrogens (tertiary/aromatic N) is 1. The molecule has 4 nitrogen and oxygen atoms in total. The van der Waals surface area contributed by atoms with E-state index in [1.807, 2.05) is 18.0 Å². The maximum atomic E-state index is 11.2. The van der Waals surface area contributed by atoms with Crippen LogP contribution in [0.15, 0.2) is 22.7 Å². The number of nitrogens with one attached hydrogen (secondary N) is 1. The summed E-state index contributed by atoms with van der Waals surface area (Å²) >= 11 is 3.56. The molecular weight excluding hydrogens is 340 g/mol.